The number of hydrogen-bond acceptors (Lipinski definition) is 7. The number of hydrogen-bond donors (Lipinski definition) is 8. The molecule has 4 rings (SSSR count). The van der Waals surface area contributed by atoms with Gasteiger partial charge in [-0.25, -0.2) is 0 Å². The highest BCUT2D eigenvalue weighted by atomic mass is 16.4. The summed E-state index contributed by atoms with van der Waals surface area (Å²) in [7, 11) is 0. The number of H-pyrrole nitrogens is 1. The number of aliphatic carboxylic acids is 1. The number of fused-ring (bicyclic) bond motifs is 1. The Morgan fingerprint density at radius 1 is 0.596 bits per heavy atom. The van der Waals surface area contributed by atoms with Gasteiger partial charge >= 0.3 is 5.97 Å². The van der Waals surface area contributed by atoms with Gasteiger partial charge in [0, 0.05) is 29.9 Å². The summed E-state index contributed by atoms with van der Waals surface area (Å²) in [5.41, 5.74) is 2.25. The molecule has 2 aromatic carbocycles. The smallest absolute Gasteiger partial charge is 0.305 e. The quantitative estimate of drug-likeness (QED) is 0.136. The lowest BCUT2D eigenvalue weighted by molar-refractivity contribution is -0.142. The van der Waals surface area contributed by atoms with Crippen LogP contribution in [0.3, 0.4) is 0 Å². The van der Waals surface area contributed by atoms with E-state index in [0.717, 1.165) is 16.5 Å². The number of carbonyl (C=O) groups excluding carboxylic acids is 6. The molecule has 1 fully saturated rings. The third kappa shape index (κ3) is 12.1. The fourth-order valence-electron chi connectivity index (χ4n) is 6.85. The maximum absolute atomic E-state index is 14.5. The van der Waals surface area contributed by atoms with Gasteiger partial charge in [0.15, 0.2) is 0 Å². The Bertz CT molecular complexity index is 1900. The van der Waals surface area contributed by atoms with E-state index in [1.54, 1.807) is 44.3 Å². The molecular formula is C42H57N7O8. The van der Waals surface area contributed by atoms with Gasteiger partial charge in [0.25, 0.3) is 0 Å². The monoisotopic (exact) mass is 787 g/mol. The van der Waals surface area contributed by atoms with Crippen molar-refractivity contribution in [3.05, 3.63) is 71.9 Å². The maximum Gasteiger partial charge on any atom is 0.305 e. The van der Waals surface area contributed by atoms with E-state index in [4.69, 9.17) is 0 Å². The zero-order valence-corrected chi connectivity index (χ0v) is 33.5. The summed E-state index contributed by atoms with van der Waals surface area (Å²) in [6.07, 6.45) is 1.99. The number of benzene rings is 2. The number of para-hydroxylation sites is 1. The summed E-state index contributed by atoms with van der Waals surface area (Å²) in [6, 6.07) is 8.78. The van der Waals surface area contributed by atoms with Crippen molar-refractivity contribution in [3.63, 3.8) is 0 Å². The fraction of sp³-hybridized carbons (Fsp3) is 0.500. The number of aromatic amines is 1. The Morgan fingerprint density at radius 3 is 1.67 bits per heavy atom. The van der Waals surface area contributed by atoms with Crippen LogP contribution in [0.2, 0.25) is 0 Å². The van der Waals surface area contributed by atoms with Crippen molar-refractivity contribution >= 4 is 52.3 Å². The van der Waals surface area contributed by atoms with Crippen molar-refractivity contribution in [1.82, 2.24) is 36.9 Å². The molecule has 8 N–H and O–H groups in total. The predicted octanol–water partition coefficient (Wildman–Crippen LogP) is 2.49. The SMILES string of the molecule is CC[C@H](C)[C@@H]1NC(=O)[C@H](CC(=O)O)NC(=O)[C@H](CC(C)C)NC(=O)[C@@H](Cc2ccccc2)NC(=O)[C@H](Cc2c[nH]c3ccccc23)NC(=O)[C@H]([C@@H](C)CC)NC1=O. The zero-order chi connectivity index (χ0) is 41.8. The Morgan fingerprint density at radius 2 is 1.07 bits per heavy atom. The molecule has 1 aliphatic rings. The van der Waals surface area contributed by atoms with E-state index in [1.807, 2.05) is 58.0 Å². The van der Waals surface area contributed by atoms with Crippen LogP contribution in [-0.4, -0.2) is 87.8 Å². The molecule has 1 aromatic heterocycles. The largest absolute Gasteiger partial charge is 0.481 e. The molecule has 2 heterocycles. The summed E-state index contributed by atoms with van der Waals surface area (Å²) in [5, 5.41) is 27.0. The third-order valence-electron chi connectivity index (χ3n) is 10.6. The summed E-state index contributed by atoms with van der Waals surface area (Å²) in [6.45, 7) is 10.8. The van der Waals surface area contributed by atoms with Crippen molar-refractivity contribution in [2.45, 2.75) is 116 Å². The topological polar surface area (TPSA) is 228 Å². The highest BCUT2D eigenvalue weighted by Gasteiger charge is 2.38. The molecule has 57 heavy (non-hydrogen) atoms. The molecule has 8 atom stereocenters. The fourth-order valence-corrected chi connectivity index (χ4v) is 6.85. The number of carboxylic acids is 1. The second kappa shape index (κ2) is 20.4. The van der Waals surface area contributed by atoms with Gasteiger partial charge < -0.3 is 42.0 Å². The standard InChI is InChI=1S/C42H57N7O8/c1-7-24(5)35-41(56)47-32(20-27-22-43-29-17-13-12-16-28(27)29)39(54)45-31(19-26-14-10-9-11-15-26)38(53)44-30(18-23(3)4)37(52)46-33(21-34(50)51)40(55)48-36(25(6)8-2)42(57)49-35/h9-17,22-25,30-33,35-36,43H,7-8,18-21H2,1-6H3,(H,44,53)(H,45,54)(H,46,52)(H,47,56)(H,48,55)(H,49,57)(H,50,51)/t24-,25-,30-,31+,32-,33-,35-,36-/m0/s1. The van der Waals surface area contributed by atoms with Gasteiger partial charge in [-0.3, -0.25) is 33.6 Å². The van der Waals surface area contributed by atoms with E-state index in [2.05, 4.69) is 36.9 Å². The van der Waals surface area contributed by atoms with Gasteiger partial charge in [-0.05, 0) is 41.4 Å². The molecule has 0 saturated carbocycles. The molecule has 0 radical (unpaired) electrons. The first kappa shape index (κ1) is 44.0. The number of carbonyl (C=O) groups is 7. The van der Waals surface area contributed by atoms with Gasteiger partial charge in [0.2, 0.25) is 35.4 Å². The molecule has 0 unspecified atom stereocenters. The molecule has 3 aromatic rings. The van der Waals surface area contributed by atoms with Gasteiger partial charge in [-0.1, -0.05) is 103 Å². The first-order chi connectivity index (χ1) is 27.1. The minimum Gasteiger partial charge on any atom is -0.481 e. The molecule has 308 valence electrons. The summed E-state index contributed by atoms with van der Waals surface area (Å²) in [4.78, 5) is 99.9. The number of aromatic nitrogens is 1. The van der Waals surface area contributed by atoms with Crippen molar-refractivity contribution in [3.8, 4) is 0 Å². The highest BCUT2D eigenvalue weighted by molar-refractivity contribution is 5.99. The van der Waals surface area contributed by atoms with Crippen LogP contribution < -0.4 is 31.9 Å². The molecule has 0 spiro atoms. The van der Waals surface area contributed by atoms with E-state index in [0.29, 0.717) is 18.4 Å². The Labute approximate surface area is 333 Å². The Balaban J connectivity index is 1.84. The number of nitrogens with one attached hydrogen (secondary N) is 7. The van der Waals surface area contributed by atoms with E-state index in [9.17, 15) is 38.7 Å². The summed E-state index contributed by atoms with van der Waals surface area (Å²) >= 11 is 0. The molecule has 6 amide bonds. The van der Waals surface area contributed by atoms with Crippen LogP contribution in [0.5, 0.6) is 0 Å². The van der Waals surface area contributed by atoms with Crippen LogP contribution in [0.4, 0.5) is 0 Å². The molecular weight excluding hydrogens is 731 g/mol. The minimum atomic E-state index is -1.61. The molecule has 15 nitrogen and oxygen atoms in total. The number of rotatable bonds is 12. The Kier molecular flexibility index (Phi) is 15.8. The molecule has 0 aliphatic carbocycles. The highest BCUT2D eigenvalue weighted by Crippen LogP contribution is 2.20. The lowest BCUT2D eigenvalue weighted by Gasteiger charge is -2.32. The zero-order valence-electron chi connectivity index (χ0n) is 33.5. The second-order valence-corrected chi connectivity index (χ2v) is 15.5. The first-order valence-electron chi connectivity index (χ1n) is 19.7. The van der Waals surface area contributed by atoms with Gasteiger partial charge in [0.1, 0.15) is 36.3 Å². The maximum atomic E-state index is 14.5. The normalized spacial score (nSPS) is 24.2. The minimum absolute atomic E-state index is 0.0226. The summed E-state index contributed by atoms with van der Waals surface area (Å²) < 4.78 is 0. The van der Waals surface area contributed by atoms with E-state index in [-0.39, 0.29) is 25.2 Å². The second-order valence-electron chi connectivity index (χ2n) is 15.5. The van der Waals surface area contributed by atoms with E-state index >= 15 is 0 Å². The van der Waals surface area contributed by atoms with Crippen molar-refractivity contribution in [2.24, 2.45) is 17.8 Å². The van der Waals surface area contributed by atoms with E-state index in [1.165, 1.54) is 0 Å². The molecule has 1 aliphatic heterocycles. The average molecular weight is 788 g/mol. The van der Waals surface area contributed by atoms with Crippen molar-refractivity contribution < 1.29 is 38.7 Å². The van der Waals surface area contributed by atoms with Crippen LogP contribution in [0.25, 0.3) is 10.9 Å². The Hall–Kier alpha value is -5.73. The number of carboxylic acid groups (broad SMARTS) is 1. The third-order valence-corrected chi connectivity index (χ3v) is 10.6. The predicted molar refractivity (Wildman–Crippen MR) is 214 cm³/mol. The molecule has 1 saturated heterocycles. The van der Waals surface area contributed by atoms with Gasteiger partial charge in [-0.15, -0.1) is 0 Å². The van der Waals surface area contributed by atoms with Gasteiger partial charge in [-0.2, -0.15) is 0 Å². The number of amides is 6. The first-order valence-corrected chi connectivity index (χ1v) is 19.7. The van der Waals surface area contributed by atoms with Crippen LogP contribution in [0, 0.1) is 17.8 Å². The summed E-state index contributed by atoms with van der Waals surface area (Å²) in [5.74, 6) is -6.86. The molecule has 0 bridgehead atoms. The van der Waals surface area contributed by atoms with Crippen molar-refractivity contribution in [1.29, 1.82) is 0 Å². The van der Waals surface area contributed by atoms with Crippen molar-refractivity contribution in [2.75, 3.05) is 0 Å². The lowest BCUT2D eigenvalue weighted by Crippen LogP contribution is -2.63. The average Bonchev–Trinajstić information content (AvgIpc) is 3.59. The van der Waals surface area contributed by atoms with Crippen LogP contribution in [0.1, 0.15) is 78.4 Å². The van der Waals surface area contributed by atoms with Gasteiger partial charge in [0.05, 0.1) is 6.42 Å². The lowest BCUT2D eigenvalue weighted by atomic mass is 9.94. The van der Waals surface area contributed by atoms with Crippen LogP contribution >= 0.6 is 0 Å². The molecule has 15 heteroatoms. The van der Waals surface area contributed by atoms with E-state index < -0.39 is 95.9 Å². The van der Waals surface area contributed by atoms with Crippen LogP contribution in [0.15, 0.2) is 60.8 Å². The van der Waals surface area contributed by atoms with Crippen LogP contribution in [-0.2, 0) is 46.4 Å².